The van der Waals surface area contributed by atoms with E-state index >= 15 is 0 Å². The Morgan fingerprint density at radius 2 is 2.10 bits per heavy atom. The van der Waals surface area contributed by atoms with E-state index in [0.29, 0.717) is 5.13 Å². The van der Waals surface area contributed by atoms with Crippen LogP contribution in [-0.4, -0.2) is 15.9 Å². The Morgan fingerprint density at radius 3 is 2.90 bits per heavy atom. The fourth-order valence-corrected chi connectivity index (χ4v) is 2.80. The number of carbonyl (C=O) groups excluding carboxylic acids is 1. The molecular weight excluding hydrogens is 296 g/mol. The summed E-state index contributed by atoms with van der Waals surface area (Å²) in [4.78, 5) is 19.3. The van der Waals surface area contributed by atoms with Crippen LogP contribution in [0, 0.1) is 18.7 Å². The second-order valence-electron chi connectivity index (χ2n) is 4.41. The number of amides is 1. The lowest BCUT2D eigenvalue weighted by Crippen LogP contribution is -2.14. The summed E-state index contributed by atoms with van der Waals surface area (Å²) >= 11 is 1.27. The molecule has 2 aromatic heterocycles. The third kappa shape index (κ3) is 2.59. The van der Waals surface area contributed by atoms with Gasteiger partial charge in [0, 0.05) is 6.20 Å². The molecule has 0 fully saturated rings. The van der Waals surface area contributed by atoms with Crippen LogP contribution in [0.25, 0.3) is 10.2 Å². The van der Waals surface area contributed by atoms with Gasteiger partial charge in [-0.1, -0.05) is 17.4 Å². The van der Waals surface area contributed by atoms with E-state index in [1.807, 2.05) is 25.1 Å². The van der Waals surface area contributed by atoms with Crippen molar-refractivity contribution in [2.45, 2.75) is 6.92 Å². The number of thiazole rings is 1. The van der Waals surface area contributed by atoms with Crippen molar-refractivity contribution in [3.05, 3.63) is 53.4 Å². The average molecular weight is 305 g/mol. The van der Waals surface area contributed by atoms with Gasteiger partial charge in [-0.15, -0.1) is 0 Å². The molecule has 0 atom stereocenters. The van der Waals surface area contributed by atoms with Gasteiger partial charge in [-0.3, -0.25) is 10.1 Å². The second-order valence-corrected chi connectivity index (χ2v) is 5.44. The molecule has 0 radical (unpaired) electrons. The van der Waals surface area contributed by atoms with Gasteiger partial charge in [-0.25, -0.2) is 14.4 Å². The molecule has 1 N–H and O–H groups in total. The van der Waals surface area contributed by atoms with Gasteiger partial charge in [-0.05, 0) is 30.7 Å². The highest BCUT2D eigenvalue weighted by Gasteiger charge is 2.17. The van der Waals surface area contributed by atoms with Crippen molar-refractivity contribution in [1.29, 1.82) is 0 Å². The largest absolute Gasteiger partial charge is 0.298 e. The lowest BCUT2D eigenvalue weighted by Gasteiger charge is -2.02. The first-order chi connectivity index (χ1) is 10.0. The number of anilines is 1. The maximum atomic E-state index is 13.5. The molecule has 0 saturated heterocycles. The minimum Gasteiger partial charge on any atom is -0.298 e. The number of pyridine rings is 1. The van der Waals surface area contributed by atoms with Crippen LogP contribution in [0.15, 0.2) is 30.5 Å². The van der Waals surface area contributed by atoms with Gasteiger partial charge in [-0.2, -0.15) is 4.39 Å². The lowest BCUT2D eigenvalue weighted by molar-refractivity contribution is 0.102. The third-order valence-corrected chi connectivity index (χ3v) is 3.79. The van der Waals surface area contributed by atoms with Crippen molar-refractivity contribution in [2.75, 3.05) is 5.32 Å². The Balaban J connectivity index is 1.91. The number of benzene rings is 1. The second kappa shape index (κ2) is 5.17. The van der Waals surface area contributed by atoms with E-state index in [9.17, 15) is 13.6 Å². The van der Waals surface area contributed by atoms with Crippen LogP contribution in [0.3, 0.4) is 0 Å². The Hall–Kier alpha value is -2.41. The fourth-order valence-electron chi connectivity index (χ4n) is 1.84. The predicted octanol–water partition coefficient (Wildman–Crippen LogP) is 3.53. The summed E-state index contributed by atoms with van der Waals surface area (Å²) in [6, 6.07) is 6.80. The summed E-state index contributed by atoms with van der Waals surface area (Å²) in [6.45, 7) is 1.95. The van der Waals surface area contributed by atoms with E-state index in [0.717, 1.165) is 28.0 Å². The van der Waals surface area contributed by atoms with Crippen molar-refractivity contribution in [1.82, 2.24) is 9.97 Å². The van der Waals surface area contributed by atoms with Crippen LogP contribution in [0.5, 0.6) is 0 Å². The van der Waals surface area contributed by atoms with Crippen molar-refractivity contribution in [2.24, 2.45) is 0 Å². The Bertz CT molecular complexity index is 847. The Labute approximate surface area is 122 Å². The topological polar surface area (TPSA) is 54.9 Å². The zero-order chi connectivity index (χ0) is 15.0. The summed E-state index contributed by atoms with van der Waals surface area (Å²) in [5, 5.41) is 2.80. The van der Waals surface area contributed by atoms with Crippen molar-refractivity contribution < 1.29 is 13.6 Å². The first kappa shape index (κ1) is 13.6. The standard InChI is InChI=1S/C14H9F2N3OS/c1-7-2-3-9-10(6-7)21-14(18-9)19-13(20)8-4-5-17-12(16)11(8)15/h2-6H,1H3,(H,18,19,20). The van der Waals surface area contributed by atoms with Gasteiger partial charge >= 0.3 is 0 Å². The van der Waals surface area contributed by atoms with E-state index < -0.39 is 23.2 Å². The molecule has 0 aliphatic carbocycles. The predicted molar refractivity (Wildman–Crippen MR) is 76.5 cm³/mol. The highest BCUT2D eigenvalue weighted by atomic mass is 32.1. The zero-order valence-electron chi connectivity index (χ0n) is 10.9. The number of aryl methyl sites for hydroxylation is 1. The average Bonchev–Trinajstić information content (AvgIpc) is 2.83. The summed E-state index contributed by atoms with van der Waals surface area (Å²) in [5.41, 5.74) is 1.41. The molecule has 2 heterocycles. The highest BCUT2D eigenvalue weighted by Crippen LogP contribution is 2.27. The maximum Gasteiger partial charge on any atom is 0.260 e. The van der Waals surface area contributed by atoms with Gasteiger partial charge in [0.15, 0.2) is 10.9 Å². The molecule has 0 aliphatic rings. The first-order valence-electron chi connectivity index (χ1n) is 6.03. The molecule has 0 unspecified atom stereocenters. The number of hydrogen-bond donors (Lipinski definition) is 1. The molecule has 7 heteroatoms. The number of fused-ring (bicyclic) bond motifs is 1. The summed E-state index contributed by atoms with van der Waals surface area (Å²) < 4.78 is 27.4. The molecule has 0 saturated carbocycles. The van der Waals surface area contributed by atoms with Gasteiger partial charge in [0.1, 0.15) is 0 Å². The molecule has 3 aromatic rings. The van der Waals surface area contributed by atoms with Crippen LogP contribution in [0.1, 0.15) is 15.9 Å². The minimum atomic E-state index is -1.30. The lowest BCUT2D eigenvalue weighted by atomic mass is 10.2. The summed E-state index contributed by atoms with van der Waals surface area (Å²) in [5.74, 6) is -3.33. The van der Waals surface area contributed by atoms with Gasteiger partial charge in [0.2, 0.25) is 5.95 Å². The minimum absolute atomic E-state index is 0.331. The molecular formula is C14H9F2N3OS. The van der Waals surface area contributed by atoms with Gasteiger partial charge < -0.3 is 0 Å². The third-order valence-electron chi connectivity index (χ3n) is 2.86. The van der Waals surface area contributed by atoms with Crippen LogP contribution >= 0.6 is 11.3 Å². The molecule has 3 rings (SSSR count). The van der Waals surface area contributed by atoms with E-state index in [2.05, 4.69) is 15.3 Å². The van der Waals surface area contributed by atoms with E-state index in [1.165, 1.54) is 11.3 Å². The van der Waals surface area contributed by atoms with Crippen molar-refractivity contribution in [3.8, 4) is 0 Å². The number of aromatic nitrogens is 2. The molecule has 1 aromatic carbocycles. The fraction of sp³-hybridized carbons (Fsp3) is 0.0714. The van der Waals surface area contributed by atoms with Crippen molar-refractivity contribution in [3.63, 3.8) is 0 Å². The highest BCUT2D eigenvalue weighted by molar-refractivity contribution is 7.22. The number of halogens is 2. The first-order valence-corrected chi connectivity index (χ1v) is 6.85. The molecule has 0 spiro atoms. The van der Waals surface area contributed by atoms with Gasteiger partial charge in [0.25, 0.3) is 5.91 Å². The smallest absolute Gasteiger partial charge is 0.260 e. The molecule has 0 bridgehead atoms. The molecule has 1 amide bonds. The monoisotopic (exact) mass is 305 g/mol. The van der Waals surface area contributed by atoms with E-state index in [4.69, 9.17) is 0 Å². The van der Waals surface area contributed by atoms with E-state index in [1.54, 1.807) is 0 Å². The molecule has 4 nitrogen and oxygen atoms in total. The quantitative estimate of drug-likeness (QED) is 0.737. The van der Waals surface area contributed by atoms with Crippen LogP contribution < -0.4 is 5.32 Å². The Kier molecular flexibility index (Phi) is 3.34. The SMILES string of the molecule is Cc1ccc2nc(NC(=O)c3ccnc(F)c3F)sc2c1. The van der Waals surface area contributed by atoms with Crippen LogP contribution in [0.4, 0.5) is 13.9 Å². The number of nitrogens with one attached hydrogen (secondary N) is 1. The van der Waals surface area contributed by atoms with Crippen molar-refractivity contribution >= 4 is 32.6 Å². The molecule has 106 valence electrons. The number of hydrogen-bond acceptors (Lipinski definition) is 4. The normalized spacial score (nSPS) is 10.8. The molecule has 0 aliphatic heterocycles. The number of rotatable bonds is 2. The molecule has 21 heavy (non-hydrogen) atoms. The number of carbonyl (C=O) groups is 1. The Morgan fingerprint density at radius 1 is 1.29 bits per heavy atom. The van der Waals surface area contributed by atoms with E-state index in [-0.39, 0.29) is 0 Å². The maximum absolute atomic E-state index is 13.5. The number of nitrogens with zero attached hydrogens (tertiary/aromatic N) is 2. The zero-order valence-corrected chi connectivity index (χ0v) is 11.7. The van der Waals surface area contributed by atoms with Crippen LogP contribution in [0.2, 0.25) is 0 Å². The van der Waals surface area contributed by atoms with Gasteiger partial charge in [0.05, 0.1) is 15.8 Å². The summed E-state index contributed by atoms with van der Waals surface area (Å²) in [7, 11) is 0. The van der Waals surface area contributed by atoms with Crippen LogP contribution in [-0.2, 0) is 0 Å². The summed E-state index contributed by atoms with van der Waals surface area (Å²) in [6.07, 6.45) is 1.04.